The Morgan fingerprint density at radius 3 is 2.59 bits per heavy atom. The van der Waals surface area contributed by atoms with Crippen LogP contribution in [0.3, 0.4) is 0 Å². The first-order chi connectivity index (χ1) is 13.7. The van der Waals surface area contributed by atoms with Crippen molar-refractivity contribution in [1.29, 1.82) is 0 Å². The van der Waals surface area contributed by atoms with Crippen LogP contribution in [0.1, 0.15) is 37.9 Å². The normalized spacial score (nSPS) is 17.3. The molecule has 0 spiro atoms. The standard InChI is InChI=1S/C22H23ClN2O4/c1-22(2,3)29-21(27)24-17(12-14-8-5-4-6-9-14)19-25-18(20(26)28-19)15-10-7-11-16(23)13-15/h4-11,13,17-18H,12H2,1-3H3,(H,24,27). The monoisotopic (exact) mass is 414 g/mol. The zero-order valence-electron chi connectivity index (χ0n) is 16.5. The topological polar surface area (TPSA) is 77.0 Å². The van der Waals surface area contributed by atoms with Gasteiger partial charge in [0.05, 0.1) is 0 Å². The van der Waals surface area contributed by atoms with Gasteiger partial charge in [-0.05, 0) is 44.0 Å². The van der Waals surface area contributed by atoms with Gasteiger partial charge in [0.25, 0.3) is 0 Å². The summed E-state index contributed by atoms with van der Waals surface area (Å²) in [6, 6.07) is 15.0. The van der Waals surface area contributed by atoms with Gasteiger partial charge in [-0.2, -0.15) is 0 Å². The quantitative estimate of drug-likeness (QED) is 0.732. The number of halogens is 1. The second kappa shape index (κ2) is 8.66. The van der Waals surface area contributed by atoms with E-state index in [2.05, 4.69) is 10.3 Å². The van der Waals surface area contributed by atoms with Crippen LogP contribution in [0.15, 0.2) is 59.6 Å². The van der Waals surface area contributed by atoms with E-state index in [1.807, 2.05) is 30.3 Å². The van der Waals surface area contributed by atoms with E-state index in [9.17, 15) is 9.59 Å². The van der Waals surface area contributed by atoms with Crippen molar-refractivity contribution >= 4 is 29.6 Å². The van der Waals surface area contributed by atoms with Crippen LogP contribution < -0.4 is 5.32 Å². The van der Waals surface area contributed by atoms with Crippen molar-refractivity contribution in [3.63, 3.8) is 0 Å². The molecular weight excluding hydrogens is 392 g/mol. The maximum atomic E-state index is 12.4. The van der Waals surface area contributed by atoms with Gasteiger partial charge in [0, 0.05) is 11.4 Å². The highest BCUT2D eigenvalue weighted by Crippen LogP contribution is 2.27. The van der Waals surface area contributed by atoms with Crippen molar-refractivity contribution in [3.05, 3.63) is 70.7 Å². The number of alkyl carbamates (subject to hydrolysis) is 1. The smallest absolute Gasteiger partial charge is 0.408 e. The highest BCUT2D eigenvalue weighted by atomic mass is 35.5. The fraction of sp³-hybridized carbons (Fsp3) is 0.318. The first-order valence-electron chi connectivity index (χ1n) is 9.29. The molecule has 0 radical (unpaired) electrons. The van der Waals surface area contributed by atoms with Crippen molar-refractivity contribution in [2.75, 3.05) is 0 Å². The Morgan fingerprint density at radius 2 is 1.93 bits per heavy atom. The number of cyclic esters (lactones) is 1. The van der Waals surface area contributed by atoms with Crippen LogP contribution in [0.5, 0.6) is 0 Å². The summed E-state index contributed by atoms with van der Waals surface area (Å²) in [5.41, 5.74) is 0.936. The van der Waals surface area contributed by atoms with Crippen molar-refractivity contribution in [2.24, 2.45) is 4.99 Å². The summed E-state index contributed by atoms with van der Waals surface area (Å²) in [4.78, 5) is 29.2. The summed E-state index contributed by atoms with van der Waals surface area (Å²) in [5.74, 6) is -0.360. The highest BCUT2D eigenvalue weighted by molar-refractivity contribution is 6.30. The number of esters is 1. The van der Waals surface area contributed by atoms with Gasteiger partial charge >= 0.3 is 12.1 Å². The van der Waals surface area contributed by atoms with E-state index in [-0.39, 0.29) is 5.90 Å². The number of amides is 1. The van der Waals surface area contributed by atoms with Gasteiger partial charge in [-0.25, -0.2) is 14.6 Å². The molecule has 152 valence electrons. The molecule has 1 heterocycles. The maximum absolute atomic E-state index is 12.4. The van der Waals surface area contributed by atoms with Gasteiger partial charge in [-0.3, -0.25) is 0 Å². The van der Waals surface area contributed by atoms with Gasteiger partial charge in [0.1, 0.15) is 11.6 Å². The maximum Gasteiger partial charge on any atom is 0.408 e. The molecule has 2 unspecified atom stereocenters. The van der Waals surface area contributed by atoms with Crippen molar-refractivity contribution < 1.29 is 19.1 Å². The summed E-state index contributed by atoms with van der Waals surface area (Å²) in [5, 5.41) is 3.28. The van der Waals surface area contributed by atoms with Crippen LogP contribution in [-0.4, -0.2) is 29.6 Å². The third-order valence-electron chi connectivity index (χ3n) is 4.12. The lowest BCUT2D eigenvalue weighted by molar-refractivity contribution is -0.135. The molecule has 1 aliphatic heterocycles. The first-order valence-corrected chi connectivity index (χ1v) is 9.67. The molecule has 7 heteroatoms. The zero-order valence-corrected chi connectivity index (χ0v) is 17.3. The van der Waals surface area contributed by atoms with Gasteiger partial charge in [-0.1, -0.05) is 54.1 Å². The van der Waals surface area contributed by atoms with Crippen molar-refractivity contribution in [1.82, 2.24) is 5.32 Å². The number of nitrogens with one attached hydrogen (secondary N) is 1. The number of nitrogens with zero attached hydrogens (tertiary/aromatic N) is 1. The number of benzene rings is 2. The van der Waals surface area contributed by atoms with Crippen molar-refractivity contribution in [3.8, 4) is 0 Å². The molecule has 1 N–H and O–H groups in total. The second-order valence-electron chi connectivity index (χ2n) is 7.73. The van der Waals surface area contributed by atoms with Gasteiger partial charge in [0.2, 0.25) is 5.90 Å². The number of carbonyl (C=O) groups is 2. The average molecular weight is 415 g/mol. The van der Waals surface area contributed by atoms with Crippen molar-refractivity contribution in [2.45, 2.75) is 44.9 Å². The molecule has 0 aromatic heterocycles. The molecule has 0 bridgehead atoms. The summed E-state index contributed by atoms with van der Waals surface area (Å²) < 4.78 is 10.8. The lowest BCUT2D eigenvalue weighted by Gasteiger charge is -2.23. The number of hydrogen-bond acceptors (Lipinski definition) is 5. The van der Waals surface area contributed by atoms with Gasteiger partial charge < -0.3 is 14.8 Å². The molecule has 2 aromatic carbocycles. The molecule has 0 fully saturated rings. The second-order valence-corrected chi connectivity index (χ2v) is 8.17. The molecule has 0 saturated carbocycles. The van der Waals surface area contributed by atoms with E-state index in [4.69, 9.17) is 21.1 Å². The third-order valence-corrected chi connectivity index (χ3v) is 4.36. The molecule has 0 aliphatic carbocycles. The largest absolute Gasteiger partial charge is 0.444 e. The summed E-state index contributed by atoms with van der Waals surface area (Å²) in [7, 11) is 0. The minimum Gasteiger partial charge on any atom is -0.444 e. The molecule has 2 atom stereocenters. The number of aliphatic imine (C=N–C) groups is 1. The van der Waals surface area contributed by atoms with Gasteiger partial charge in [0.15, 0.2) is 6.04 Å². The van der Waals surface area contributed by atoms with Crippen LogP contribution in [0, 0.1) is 0 Å². The minimum absolute atomic E-state index is 0.148. The Labute approximate surface area is 174 Å². The Kier molecular flexibility index (Phi) is 6.23. The lowest BCUT2D eigenvalue weighted by atomic mass is 10.1. The van der Waals surface area contributed by atoms with E-state index in [0.29, 0.717) is 17.0 Å². The molecule has 29 heavy (non-hydrogen) atoms. The van der Waals surface area contributed by atoms with E-state index in [0.717, 1.165) is 5.56 Å². The summed E-state index contributed by atoms with van der Waals surface area (Å²) in [6.45, 7) is 5.34. The predicted octanol–water partition coefficient (Wildman–Crippen LogP) is 4.47. The minimum atomic E-state index is -0.817. The first kappa shape index (κ1) is 20.9. The molecule has 2 aromatic rings. The number of hydrogen-bond donors (Lipinski definition) is 1. The highest BCUT2D eigenvalue weighted by Gasteiger charge is 2.35. The summed E-state index contributed by atoms with van der Waals surface area (Å²) >= 11 is 6.03. The van der Waals surface area contributed by atoms with E-state index < -0.39 is 29.7 Å². The molecule has 3 rings (SSSR count). The molecular formula is C22H23ClN2O4. The molecule has 1 aliphatic rings. The molecule has 6 nitrogen and oxygen atoms in total. The fourth-order valence-electron chi connectivity index (χ4n) is 2.91. The van der Waals surface area contributed by atoms with E-state index >= 15 is 0 Å². The molecule has 0 saturated heterocycles. The van der Waals surface area contributed by atoms with E-state index in [1.54, 1.807) is 45.0 Å². The van der Waals surface area contributed by atoms with Crippen LogP contribution in [0.25, 0.3) is 0 Å². The Morgan fingerprint density at radius 1 is 1.21 bits per heavy atom. The fourth-order valence-corrected chi connectivity index (χ4v) is 3.11. The SMILES string of the molecule is CC(C)(C)OC(=O)NC(Cc1ccccc1)C1=NC(c2cccc(Cl)c2)C(=O)O1. The van der Waals surface area contributed by atoms with Crippen LogP contribution in [-0.2, 0) is 20.7 Å². The van der Waals surface area contributed by atoms with Crippen LogP contribution in [0.4, 0.5) is 4.79 Å². The predicted molar refractivity (Wildman–Crippen MR) is 111 cm³/mol. The Hall–Kier alpha value is -2.86. The van der Waals surface area contributed by atoms with Gasteiger partial charge in [-0.15, -0.1) is 0 Å². The third kappa shape index (κ3) is 5.81. The lowest BCUT2D eigenvalue weighted by Crippen LogP contribution is -2.45. The summed E-state index contributed by atoms with van der Waals surface area (Å²) in [6.07, 6.45) is -0.211. The number of rotatable bonds is 5. The number of carbonyl (C=O) groups excluding carboxylic acids is 2. The van der Waals surface area contributed by atoms with Crippen LogP contribution in [0.2, 0.25) is 5.02 Å². The Balaban J connectivity index is 1.85. The Bertz CT molecular complexity index is 922. The van der Waals surface area contributed by atoms with Crippen LogP contribution >= 0.6 is 11.6 Å². The zero-order chi connectivity index (χ0) is 21.0. The van der Waals surface area contributed by atoms with E-state index in [1.165, 1.54) is 0 Å². The molecule has 1 amide bonds. The number of ether oxygens (including phenoxy) is 2. The average Bonchev–Trinajstić information content (AvgIpc) is 3.02.